The van der Waals surface area contributed by atoms with Crippen LogP contribution in [0.4, 0.5) is 0 Å². The maximum atomic E-state index is 9.65. The van der Waals surface area contributed by atoms with Crippen LogP contribution in [0.2, 0.25) is 0 Å². The molecule has 1 saturated carbocycles. The van der Waals surface area contributed by atoms with E-state index in [0.717, 1.165) is 19.3 Å². The van der Waals surface area contributed by atoms with Crippen LogP contribution in [-0.4, -0.2) is 0 Å². The highest BCUT2D eigenvalue weighted by Crippen LogP contribution is 2.42. The van der Waals surface area contributed by atoms with Gasteiger partial charge in [0, 0.05) is 0 Å². The number of hydrogen-bond donors (Lipinski definition) is 0. The lowest BCUT2D eigenvalue weighted by Crippen LogP contribution is -2.29. The monoisotopic (exact) mass is 241 g/mol. The fourth-order valence-electron chi connectivity index (χ4n) is 3.43. The Balaban J connectivity index is 2.28. The minimum absolute atomic E-state index is 0.117. The van der Waals surface area contributed by atoms with Gasteiger partial charge in [0.2, 0.25) is 0 Å². The van der Waals surface area contributed by atoms with Gasteiger partial charge in [0.05, 0.1) is 11.5 Å². The zero-order valence-corrected chi connectivity index (χ0v) is 11.8. The number of nitrogens with zero attached hydrogens (tertiary/aromatic N) is 1. The first-order valence-electron chi connectivity index (χ1n) is 7.03. The van der Waals surface area contributed by atoms with Gasteiger partial charge in [0.15, 0.2) is 0 Å². The minimum Gasteiger partial charge on any atom is -0.198 e. The molecule has 1 aliphatic rings. The summed E-state index contributed by atoms with van der Waals surface area (Å²) in [6.07, 6.45) is 5.57. The molecule has 2 rings (SSSR count). The van der Waals surface area contributed by atoms with Crippen LogP contribution in [-0.2, 0) is 6.42 Å². The van der Waals surface area contributed by atoms with Crippen molar-refractivity contribution >= 4 is 0 Å². The average Bonchev–Trinajstić information content (AvgIpc) is 2.34. The standard InChI is InChI=1S/C17H23N/c1-13-6-5-9-17(10-13,12-18)11-16-14(2)7-4-8-15(16)3/h4,7-8,13H,5-6,9-11H2,1-3H3. The van der Waals surface area contributed by atoms with Crippen molar-refractivity contribution < 1.29 is 0 Å². The topological polar surface area (TPSA) is 23.8 Å². The molecule has 0 bridgehead atoms. The zero-order valence-electron chi connectivity index (χ0n) is 11.8. The average molecular weight is 241 g/mol. The molecule has 0 spiro atoms. The molecule has 1 aromatic rings. The molecular weight excluding hydrogens is 218 g/mol. The molecule has 0 N–H and O–H groups in total. The van der Waals surface area contributed by atoms with Crippen LogP contribution in [0.15, 0.2) is 18.2 Å². The van der Waals surface area contributed by atoms with Gasteiger partial charge >= 0.3 is 0 Å². The van der Waals surface area contributed by atoms with Gasteiger partial charge in [-0.15, -0.1) is 0 Å². The summed E-state index contributed by atoms with van der Waals surface area (Å²) >= 11 is 0. The summed E-state index contributed by atoms with van der Waals surface area (Å²) in [4.78, 5) is 0. The van der Waals surface area contributed by atoms with Crippen molar-refractivity contribution in [1.29, 1.82) is 5.26 Å². The van der Waals surface area contributed by atoms with Crippen LogP contribution < -0.4 is 0 Å². The van der Waals surface area contributed by atoms with Crippen LogP contribution >= 0.6 is 0 Å². The fraction of sp³-hybridized carbons (Fsp3) is 0.588. The van der Waals surface area contributed by atoms with Crippen molar-refractivity contribution in [2.45, 2.75) is 52.9 Å². The first kappa shape index (κ1) is 13.1. The third-order valence-corrected chi connectivity index (χ3v) is 4.49. The van der Waals surface area contributed by atoms with E-state index in [2.05, 4.69) is 45.0 Å². The molecule has 96 valence electrons. The van der Waals surface area contributed by atoms with Gasteiger partial charge in [-0.2, -0.15) is 5.26 Å². The first-order valence-corrected chi connectivity index (χ1v) is 7.03. The van der Waals surface area contributed by atoms with Crippen molar-refractivity contribution in [3.8, 4) is 6.07 Å². The Morgan fingerprint density at radius 3 is 2.56 bits per heavy atom. The lowest BCUT2D eigenvalue weighted by atomic mass is 9.67. The Bertz CT molecular complexity index is 449. The number of benzene rings is 1. The second-order valence-corrected chi connectivity index (χ2v) is 6.14. The van der Waals surface area contributed by atoms with Gasteiger partial charge < -0.3 is 0 Å². The molecule has 0 aromatic heterocycles. The molecular formula is C17H23N. The van der Waals surface area contributed by atoms with Crippen LogP contribution in [0.3, 0.4) is 0 Å². The van der Waals surface area contributed by atoms with E-state index in [1.54, 1.807) is 0 Å². The maximum Gasteiger partial charge on any atom is 0.0693 e. The summed E-state index contributed by atoms with van der Waals surface area (Å²) in [5, 5.41) is 9.65. The Kier molecular flexibility index (Phi) is 3.76. The summed E-state index contributed by atoms with van der Waals surface area (Å²) in [5.41, 5.74) is 3.95. The number of rotatable bonds is 2. The SMILES string of the molecule is Cc1cccc(C)c1CC1(C#N)CCCC(C)C1. The van der Waals surface area contributed by atoms with E-state index in [0.29, 0.717) is 5.92 Å². The van der Waals surface area contributed by atoms with E-state index in [1.165, 1.54) is 29.5 Å². The predicted molar refractivity (Wildman–Crippen MR) is 75.3 cm³/mol. The summed E-state index contributed by atoms with van der Waals surface area (Å²) in [7, 11) is 0. The molecule has 18 heavy (non-hydrogen) atoms. The lowest BCUT2D eigenvalue weighted by Gasteiger charge is -2.35. The first-order chi connectivity index (χ1) is 8.56. The molecule has 0 aliphatic heterocycles. The molecule has 0 heterocycles. The van der Waals surface area contributed by atoms with Gasteiger partial charge in [-0.05, 0) is 55.7 Å². The van der Waals surface area contributed by atoms with Crippen molar-refractivity contribution in [2.24, 2.45) is 11.3 Å². The van der Waals surface area contributed by atoms with Crippen LogP contribution in [0.1, 0.15) is 49.3 Å². The number of hydrogen-bond acceptors (Lipinski definition) is 1. The summed E-state index contributed by atoms with van der Waals surface area (Å²) in [5.74, 6) is 0.697. The van der Waals surface area contributed by atoms with Crippen molar-refractivity contribution in [3.05, 3.63) is 34.9 Å². The maximum absolute atomic E-state index is 9.65. The van der Waals surface area contributed by atoms with Crippen molar-refractivity contribution in [1.82, 2.24) is 0 Å². The van der Waals surface area contributed by atoms with E-state index in [1.807, 2.05) is 0 Å². The van der Waals surface area contributed by atoms with Gasteiger partial charge in [-0.3, -0.25) is 0 Å². The highest BCUT2D eigenvalue weighted by Gasteiger charge is 2.35. The van der Waals surface area contributed by atoms with E-state index in [4.69, 9.17) is 0 Å². The Morgan fingerprint density at radius 1 is 1.33 bits per heavy atom. The molecule has 2 atom stereocenters. The van der Waals surface area contributed by atoms with Gasteiger partial charge in [0.25, 0.3) is 0 Å². The quantitative estimate of drug-likeness (QED) is 0.744. The zero-order chi connectivity index (χ0) is 13.2. The van der Waals surface area contributed by atoms with Crippen LogP contribution in [0.5, 0.6) is 0 Å². The number of nitriles is 1. The molecule has 1 aliphatic carbocycles. The Hall–Kier alpha value is -1.29. The molecule has 1 heteroatoms. The van der Waals surface area contributed by atoms with Gasteiger partial charge in [-0.25, -0.2) is 0 Å². The lowest BCUT2D eigenvalue weighted by molar-refractivity contribution is 0.209. The van der Waals surface area contributed by atoms with Crippen LogP contribution in [0.25, 0.3) is 0 Å². The van der Waals surface area contributed by atoms with E-state index < -0.39 is 0 Å². The smallest absolute Gasteiger partial charge is 0.0693 e. The molecule has 0 saturated heterocycles. The molecule has 1 fully saturated rings. The number of aryl methyl sites for hydroxylation is 2. The third kappa shape index (κ3) is 2.58. The summed E-state index contributed by atoms with van der Waals surface area (Å²) in [6, 6.07) is 9.09. The molecule has 1 nitrogen and oxygen atoms in total. The highest BCUT2D eigenvalue weighted by atomic mass is 14.4. The highest BCUT2D eigenvalue weighted by molar-refractivity contribution is 5.35. The molecule has 2 unspecified atom stereocenters. The normalized spacial score (nSPS) is 27.8. The van der Waals surface area contributed by atoms with Gasteiger partial charge in [-0.1, -0.05) is 38.0 Å². The second kappa shape index (κ2) is 5.14. The Labute approximate surface area is 111 Å². The van der Waals surface area contributed by atoms with Gasteiger partial charge in [0.1, 0.15) is 0 Å². The second-order valence-electron chi connectivity index (χ2n) is 6.14. The van der Waals surface area contributed by atoms with Crippen molar-refractivity contribution in [3.63, 3.8) is 0 Å². The summed E-state index contributed by atoms with van der Waals surface area (Å²) in [6.45, 7) is 6.62. The fourth-order valence-corrected chi connectivity index (χ4v) is 3.43. The van der Waals surface area contributed by atoms with Crippen molar-refractivity contribution in [2.75, 3.05) is 0 Å². The minimum atomic E-state index is -0.117. The van der Waals surface area contributed by atoms with Crippen LogP contribution in [0, 0.1) is 36.5 Å². The van der Waals surface area contributed by atoms with E-state index >= 15 is 0 Å². The third-order valence-electron chi connectivity index (χ3n) is 4.49. The molecule has 0 radical (unpaired) electrons. The largest absolute Gasteiger partial charge is 0.198 e. The Morgan fingerprint density at radius 2 is 2.00 bits per heavy atom. The molecule has 0 amide bonds. The summed E-state index contributed by atoms with van der Waals surface area (Å²) < 4.78 is 0. The predicted octanol–water partition coefficient (Wildman–Crippen LogP) is 4.57. The van der Waals surface area contributed by atoms with E-state index in [9.17, 15) is 5.26 Å². The van der Waals surface area contributed by atoms with E-state index in [-0.39, 0.29) is 5.41 Å². The molecule has 1 aromatic carbocycles.